The van der Waals surface area contributed by atoms with Gasteiger partial charge < -0.3 is 14.7 Å². The van der Waals surface area contributed by atoms with Crippen LogP contribution >= 0.6 is 0 Å². The van der Waals surface area contributed by atoms with Crippen LogP contribution in [0.4, 0.5) is 5.82 Å². The van der Waals surface area contributed by atoms with Crippen molar-refractivity contribution >= 4 is 5.82 Å². The van der Waals surface area contributed by atoms with Gasteiger partial charge in [-0.2, -0.15) is 5.26 Å². The van der Waals surface area contributed by atoms with E-state index >= 15 is 0 Å². The molecule has 1 N–H and O–H groups in total. The van der Waals surface area contributed by atoms with Gasteiger partial charge in [-0.3, -0.25) is 0 Å². The molecule has 0 aliphatic carbocycles. The molecule has 1 aromatic heterocycles. The number of ether oxygens (including phenoxy) is 1. The molecule has 1 rings (SSSR count). The number of methoxy groups -OCH3 is 1. The van der Waals surface area contributed by atoms with E-state index in [0.717, 1.165) is 11.4 Å². The lowest BCUT2D eigenvalue weighted by Crippen LogP contribution is -2.29. The molecule has 98 valence electrons. The highest BCUT2D eigenvalue weighted by Crippen LogP contribution is 2.18. The predicted molar refractivity (Wildman–Crippen MR) is 69.2 cm³/mol. The summed E-state index contributed by atoms with van der Waals surface area (Å²) in [4.78, 5) is 6.26. The van der Waals surface area contributed by atoms with Crippen LogP contribution in [0.5, 0.6) is 0 Å². The number of aliphatic hydroxyl groups excluding tert-OH is 1. The smallest absolute Gasteiger partial charge is 0.128 e. The molecular weight excluding hydrogens is 230 g/mol. The second kappa shape index (κ2) is 7.64. The summed E-state index contributed by atoms with van der Waals surface area (Å²) in [5.41, 5.74) is 0.819. The van der Waals surface area contributed by atoms with Gasteiger partial charge in [0, 0.05) is 26.4 Å². The van der Waals surface area contributed by atoms with Gasteiger partial charge in [-0.15, -0.1) is 0 Å². The molecule has 0 radical (unpaired) electrons. The normalized spacial score (nSPS) is 11.9. The number of nitrogens with zero attached hydrogens (tertiary/aromatic N) is 3. The van der Waals surface area contributed by atoms with Gasteiger partial charge in [0.2, 0.25) is 0 Å². The van der Waals surface area contributed by atoms with E-state index < -0.39 is 6.10 Å². The van der Waals surface area contributed by atoms with Crippen molar-refractivity contribution in [3.8, 4) is 6.07 Å². The summed E-state index contributed by atoms with van der Waals surface area (Å²) in [5.74, 6) is 0.765. The maximum atomic E-state index is 9.56. The van der Waals surface area contributed by atoms with Crippen LogP contribution in [0.3, 0.4) is 0 Å². The molecule has 0 saturated heterocycles. The number of anilines is 1. The molecule has 1 atom stereocenters. The molecule has 0 amide bonds. The minimum Gasteiger partial charge on any atom is -0.389 e. The van der Waals surface area contributed by atoms with Crippen molar-refractivity contribution in [2.75, 3.05) is 31.7 Å². The molecule has 0 fully saturated rings. The van der Waals surface area contributed by atoms with Gasteiger partial charge in [0.25, 0.3) is 0 Å². The monoisotopic (exact) mass is 249 g/mol. The van der Waals surface area contributed by atoms with Gasteiger partial charge in [0.1, 0.15) is 5.82 Å². The third kappa shape index (κ3) is 4.32. The Hall–Kier alpha value is -1.64. The minimum atomic E-state index is -0.521. The highest BCUT2D eigenvalue weighted by atomic mass is 16.5. The minimum absolute atomic E-state index is 0.435. The van der Waals surface area contributed by atoms with Crippen molar-refractivity contribution in [1.82, 2.24) is 4.98 Å². The van der Waals surface area contributed by atoms with Crippen LogP contribution in [-0.2, 0) is 4.74 Å². The molecule has 1 aromatic rings. The Morgan fingerprint density at radius 1 is 1.56 bits per heavy atom. The summed E-state index contributed by atoms with van der Waals surface area (Å²) in [7, 11) is 1.64. The van der Waals surface area contributed by atoms with Gasteiger partial charge in [-0.25, -0.2) is 4.98 Å². The summed E-state index contributed by atoms with van der Waals surface area (Å²) in [5, 5.41) is 18.2. The molecule has 0 unspecified atom stereocenters. The summed E-state index contributed by atoms with van der Waals surface area (Å²) in [6, 6.07) is 5.75. The molecule has 0 bridgehead atoms. The van der Waals surface area contributed by atoms with Crippen molar-refractivity contribution in [2.24, 2.45) is 0 Å². The van der Waals surface area contributed by atoms with Crippen molar-refractivity contribution < 1.29 is 9.84 Å². The summed E-state index contributed by atoms with van der Waals surface area (Å²) < 4.78 is 5.05. The molecule has 5 nitrogen and oxygen atoms in total. The third-order valence-corrected chi connectivity index (χ3v) is 2.63. The number of hydrogen-bond donors (Lipinski definition) is 1. The zero-order valence-electron chi connectivity index (χ0n) is 10.8. The van der Waals surface area contributed by atoms with Crippen LogP contribution in [-0.4, -0.2) is 36.9 Å². The first-order chi connectivity index (χ1) is 8.69. The van der Waals surface area contributed by atoms with Gasteiger partial charge in [-0.05, 0) is 24.6 Å². The van der Waals surface area contributed by atoms with Gasteiger partial charge in [0.15, 0.2) is 0 Å². The Morgan fingerprint density at radius 2 is 2.33 bits per heavy atom. The number of pyridine rings is 1. The van der Waals surface area contributed by atoms with Crippen LogP contribution < -0.4 is 4.90 Å². The Balaban J connectivity index is 2.82. The largest absolute Gasteiger partial charge is 0.389 e. The molecule has 0 aliphatic rings. The average molecular weight is 249 g/mol. The Bertz CT molecular complexity index is 401. The van der Waals surface area contributed by atoms with E-state index in [4.69, 9.17) is 10.00 Å². The second-order valence-electron chi connectivity index (χ2n) is 4.01. The van der Waals surface area contributed by atoms with E-state index in [-0.39, 0.29) is 0 Å². The SMILES string of the molecule is COCCN(CCC#N)c1cc([C@H](C)O)ccn1. The molecule has 1 heterocycles. The van der Waals surface area contributed by atoms with Crippen molar-refractivity contribution in [2.45, 2.75) is 19.4 Å². The number of aliphatic hydroxyl groups is 1. The Labute approximate surface area is 108 Å². The molecule has 0 saturated carbocycles. The first-order valence-electron chi connectivity index (χ1n) is 5.94. The second-order valence-corrected chi connectivity index (χ2v) is 4.01. The number of nitriles is 1. The lowest BCUT2D eigenvalue weighted by molar-refractivity contribution is 0.199. The van der Waals surface area contributed by atoms with E-state index in [2.05, 4.69) is 11.1 Å². The van der Waals surface area contributed by atoms with Crippen LogP contribution in [0.15, 0.2) is 18.3 Å². The van der Waals surface area contributed by atoms with Gasteiger partial charge in [0.05, 0.1) is 25.2 Å². The molecule has 5 heteroatoms. The molecule has 0 spiro atoms. The predicted octanol–water partition coefficient (Wildman–Crippen LogP) is 1.50. The standard InChI is InChI=1S/C13H19N3O2/c1-11(17)12-4-6-15-13(10-12)16(7-3-5-14)8-9-18-2/h4,6,10-11,17H,3,7-9H2,1-2H3/t11-/m0/s1. The van der Waals surface area contributed by atoms with E-state index in [1.807, 2.05) is 11.0 Å². The fourth-order valence-corrected chi connectivity index (χ4v) is 1.59. The van der Waals surface area contributed by atoms with E-state index in [1.54, 1.807) is 26.3 Å². The summed E-state index contributed by atoms with van der Waals surface area (Å²) in [6.07, 6.45) is 1.58. The Kier molecular flexibility index (Phi) is 6.12. The Morgan fingerprint density at radius 3 is 2.94 bits per heavy atom. The van der Waals surface area contributed by atoms with E-state index in [1.165, 1.54) is 0 Å². The average Bonchev–Trinajstić information content (AvgIpc) is 2.39. The summed E-state index contributed by atoms with van der Waals surface area (Å²) >= 11 is 0. The highest BCUT2D eigenvalue weighted by Gasteiger charge is 2.09. The topological polar surface area (TPSA) is 69.4 Å². The van der Waals surface area contributed by atoms with Crippen LogP contribution in [0.25, 0.3) is 0 Å². The lowest BCUT2D eigenvalue weighted by Gasteiger charge is -2.23. The van der Waals surface area contributed by atoms with Gasteiger partial charge >= 0.3 is 0 Å². The van der Waals surface area contributed by atoms with Crippen LogP contribution in [0, 0.1) is 11.3 Å². The quantitative estimate of drug-likeness (QED) is 0.793. The molecular formula is C13H19N3O2. The lowest BCUT2D eigenvalue weighted by atomic mass is 10.1. The maximum Gasteiger partial charge on any atom is 0.128 e. The fourth-order valence-electron chi connectivity index (χ4n) is 1.59. The first-order valence-corrected chi connectivity index (χ1v) is 5.94. The third-order valence-electron chi connectivity index (χ3n) is 2.63. The number of aromatic nitrogens is 1. The van der Waals surface area contributed by atoms with Crippen molar-refractivity contribution in [3.63, 3.8) is 0 Å². The summed E-state index contributed by atoms with van der Waals surface area (Å²) in [6.45, 7) is 3.57. The zero-order chi connectivity index (χ0) is 13.4. The fraction of sp³-hybridized carbons (Fsp3) is 0.538. The van der Waals surface area contributed by atoms with Crippen molar-refractivity contribution in [3.05, 3.63) is 23.9 Å². The van der Waals surface area contributed by atoms with E-state index in [0.29, 0.717) is 26.1 Å². The zero-order valence-corrected chi connectivity index (χ0v) is 10.8. The van der Waals surface area contributed by atoms with Crippen LogP contribution in [0.1, 0.15) is 25.0 Å². The van der Waals surface area contributed by atoms with Gasteiger partial charge in [-0.1, -0.05) is 0 Å². The molecule has 0 aromatic carbocycles. The molecule has 18 heavy (non-hydrogen) atoms. The van der Waals surface area contributed by atoms with Crippen LogP contribution in [0.2, 0.25) is 0 Å². The maximum absolute atomic E-state index is 9.56. The van der Waals surface area contributed by atoms with Crippen molar-refractivity contribution in [1.29, 1.82) is 5.26 Å². The first kappa shape index (κ1) is 14.4. The number of hydrogen-bond acceptors (Lipinski definition) is 5. The van der Waals surface area contributed by atoms with E-state index in [9.17, 15) is 5.11 Å². The number of rotatable bonds is 7. The molecule has 0 aliphatic heterocycles. The highest BCUT2D eigenvalue weighted by molar-refractivity contribution is 5.41.